The average molecular weight is 283 g/mol. The zero-order valence-electron chi connectivity index (χ0n) is 11.2. The summed E-state index contributed by atoms with van der Waals surface area (Å²) in [6, 6.07) is 3.00. The first-order chi connectivity index (χ1) is 9.00. The van der Waals surface area contributed by atoms with Crippen LogP contribution in [-0.4, -0.2) is 19.4 Å². The molecule has 1 aliphatic carbocycles. The minimum Gasteiger partial charge on any atom is -0.383 e. The number of nitrogens with zero attached hydrogens (tertiary/aromatic N) is 1. The lowest BCUT2D eigenvalue weighted by molar-refractivity contribution is 0.303. The second-order valence-corrected chi connectivity index (χ2v) is 6.88. The van der Waals surface area contributed by atoms with Gasteiger partial charge in [-0.3, -0.25) is 0 Å². The molecular weight excluding hydrogens is 262 g/mol. The summed E-state index contributed by atoms with van der Waals surface area (Å²) < 4.78 is 27.3. The molecule has 1 unspecified atom stereocenters. The van der Waals surface area contributed by atoms with Crippen LogP contribution < -0.4 is 10.5 Å². The summed E-state index contributed by atoms with van der Waals surface area (Å²) in [7, 11) is -3.58. The van der Waals surface area contributed by atoms with Crippen molar-refractivity contribution in [3.8, 4) is 0 Å². The number of anilines is 1. The smallest absolute Gasteiger partial charge is 0.244 e. The first kappa shape index (κ1) is 14.3. The molecule has 0 saturated heterocycles. The Balaban J connectivity index is 2.11. The van der Waals surface area contributed by atoms with Gasteiger partial charge in [0.05, 0.1) is 0 Å². The van der Waals surface area contributed by atoms with Crippen LogP contribution in [-0.2, 0) is 10.0 Å². The molecule has 1 saturated carbocycles. The van der Waals surface area contributed by atoms with Gasteiger partial charge in [0.1, 0.15) is 10.7 Å². The minimum atomic E-state index is -3.58. The molecule has 0 aromatic carbocycles. The van der Waals surface area contributed by atoms with Crippen LogP contribution in [0.5, 0.6) is 0 Å². The van der Waals surface area contributed by atoms with Crippen LogP contribution in [0.4, 0.5) is 5.82 Å². The van der Waals surface area contributed by atoms with E-state index >= 15 is 0 Å². The quantitative estimate of drug-likeness (QED) is 0.884. The lowest BCUT2D eigenvalue weighted by atomic mass is 9.85. The van der Waals surface area contributed by atoms with Gasteiger partial charge in [-0.25, -0.2) is 18.1 Å². The molecule has 3 N–H and O–H groups in total. The minimum absolute atomic E-state index is 0.0471. The van der Waals surface area contributed by atoms with Crippen molar-refractivity contribution in [3.63, 3.8) is 0 Å². The Bertz CT molecular complexity index is 524. The van der Waals surface area contributed by atoms with E-state index < -0.39 is 10.0 Å². The predicted octanol–water partition coefficient (Wildman–Crippen LogP) is 1.91. The summed E-state index contributed by atoms with van der Waals surface area (Å²) in [5.41, 5.74) is 5.63. The third-order valence-electron chi connectivity index (χ3n) is 3.79. The highest BCUT2D eigenvalue weighted by Crippen LogP contribution is 2.27. The van der Waals surface area contributed by atoms with Crippen LogP contribution in [0.15, 0.2) is 23.2 Å². The first-order valence-electron chi connectivity index (χ1n) is 6.73. The van der Waals surface area contributed by atoms with Crippen LogP contribution in [0, 0.1) is 5.92 Å². The van der Waals surface area contributed by atoms with Gasteiger partial charge in [-0.15, -0.1) is 0 Å². The Morgan fingerprint density at radius 3 is 2.68 bits per heavy atom. The standard InChI is InChI=1S/C13H21N3O2S/c1-10(11-6-3-2-4-7-11)16-19(17,18)12-8-5-9-15-13(12)14/h5,8-11,16H,2-4,6-7H2,1H3,(H2,14,15). The third-order valence-corrected chi connectivity index (χ3v) is 5.39. The molecule has 0 radical (unpaired) electrons. The summed E-state index contributed by atoms with van der Waals surface area (Å²) >= 11 is 0. The Hall–Kier alpha value is -1.14. The van der Waals surface area contributed by atoms with Crippen molar-refractivity contribution in [1.29, 1.82) is 0 Å². The summed E-state index contributed by atoms with van der Waals surface area (Å²) in [4.78, 5) is 3.89. The molecule has 1 aromatic rings. The lowest BCUT2D eigenvalue weighted by Gasteiger charge is -2.28. The number of pyridine rings is 1. The van der Waals surface area contributed by atoms with Crippen molar-refractivity contribution in [2.75, 3.05) is 5.73 Å². The second kappa shape index (κ2) is 5.88. The number of hydrogen-bond donors (Lipinski definition) is 2. The van der Waals surface area contributed by atoms with Gasteiger partial charge in [-0.1, -0.05) is 19.3 Å². The fourth-order valence-electron chi connectivity index (χ4n) is 2.67. The summed E-state index contributed by atoms with van der Waals surface area (Å²) in [6.07, 6.45) is 7.29. The zero-order valence-corrected chi connectivity index (χ0v) is 12.0. The van der Waals surface area contributed by atoms with Gasteiger partial charge in [0.2, 0.25) is 10.0 Å². The topological polar surface area (TPSA) is 85.1 Å². The van der Waals surface area contributed by atoms with Gasteiger partial charge >= 0.3 is 0 Å². The molecule has 2 rings (SSSR count). The number of aromatic nitrogens is 1. The normalized spacial score (nSPS) is 19.2. The van der Waals surface area contributed by atoms with Gasteiger partial charge in [-0.05, 0) is 37.8 Å². The molecule has 6 heteroatoms. The number of nitrogen functional groups attached to an aromatic ring is 1. The van der Waals surface area contributed by atoms with Gasteiger partial charge < -0.3 is 5.73 Å². The Labute approximate surface area is 114 Å². The van der Waals surface area contributed by atoms with Crippen molar-refractivity contribution >= 4 is 15.8 Å². The fourth-order valence-corrected chi connectivity index (χ4v) is 4.06. The molecule has 1 aromatic heterocycles. The molecule has 0 aliphatic heterocycles. The first-order valence-corrected chi connectivity index (χ1v) is 8.22. The van der Waals surface area contributed by atoms with Crippen molar-refractivity contribution in [1.82, 2.24) is 9.71 Å². The van der Waals surface area contributed by atoms with E-state index in [4.69, 9.17) is 5.73 Å². The molecule has 106 valence electrons. The van der Waals surface area contributed by atoms with Gasteiger partial charge in [-0.2, -0.15) is 0 Å². The molecule has 1 atom stereocenters. The van der Waals surface area contributed by atoms with E-state index in [2.05, 4.69) is 9.71 Å². The molecule has 5 nitrogen and oxygen atoms in total. The number of sulfonamides is 1. The van der Waals surface area contributed by atoms with E-state index in [9.17, 15) is 8.42 Å². The largest absolute Gasteiger partial charge is 0.383 e. The second-order valence-electron chi connectivity index (χ2n) is 5.19. The monoisotopic (exact) mass is 283 g/mol. The molecule has 0 spiro atoms. The number of nitrogens with two attached hydrogens (primary N) is 1. The number of rotatable bonds is 4. The highest BCUT2D eigenvalue weighted by atomic mass is 32.2. The highest BCUT2D eigenvalue weighted by molar-refractivity contribution is 7.89. The van der Waals surface area contributed by atoms with Crippen LogP contribution in [0.3, 0.4) is 0 Å². The lowest BCUT2D eigenvalue weighted by Crippen LogP contribution is -2.39. The van der Waals surface area contributed by atoms with E-state index in [0.29, 0.717) is 5.92 Å². The molecular formula is C13H21N3O2S. The fraction of sp³-hybridized carbons (Fsp3) is 0.615. The maximum atomic E-state index is 12.3. The predicted molar refractivity (Wildman–Crippen MR) is 75.0 cm³/mol. The van der Waals surface area contributed by atoms with Crippen LogP contribution in [0.25, 0.3) is 0 Å². The summed E-state index contributed by atoms with van der Waals surface area (Å²) in [6.45, 7) is 1.93. The van der Waals surface area contributed by atoms with Crippen molar-refractivity contribution in [2.24, 2.45) is 5.92 Å². The van der Waals surface area contributed by atoms with Crippen molar-refractivity contribution in [3.05, 3.63) is 18.3 Å². The molecule has 1 fully saturated rings. The van der Waals surface area contributed by atoms with Crippen LogP contribution >= 0.6 is 0 Å². The molecule has 19 heavy (non-hydrogen) atoms. The van der Waals surface area contributed by atoms with E-state index in [1.807, 2.05) is 6.92 Å². The van der Waals surface area contributed by atoms with Gasteiger partial charge in [0.25, 0.3) is 0 Å². The van der Waals surface area contributed by atoms with E-state index in [1.165, 1.54) is 31.5 Å². The van der Waals surface area contributed by atoms with Crippen molar-refractivity contribution < 1.29 is 8.42 Å². The van der Waals surface area contributed by atoms with Gasteiger partial charge in [0.15, 0.2) is 0 Å². The van der Waals surface area contributed by atoms with Crippen LogP contribution in [0.1, 0.15) is 39.0 Å². The van der Waals surface area contributed by atoms with Crippen molar-refractivity contribution in [2.45, 2.75) is 50.0 Å². The summed E-state index contributed by atoms with van der Waals surface area (Å²) in [5.74, 6) is 0.465. The average Bonchev–Trinajstić information content (AvgIpc) is 2.39. The van der Waals surface area contributed by atoms with Gasteiger partial charge in [0, 0.05) is 12.2 Å². The number of hydrogen-bond acceptors (Lipinski definition) is 4. The molecule has 0 bridgehead atoms. The van der Waals surface area contributed by atoms with E-state index in [1.54, 1.807) is 6.07 Å². The third kappa shape index (κ3) is 3.45. The highest BCUT2D eigenvalue weighted by Gasteiger charge is 2.26. The molecule has 1 heterocycles. The number of nitrogens with one attached hydrogen (secondary N) is 1. The van der Waals surface area contributed by atoms with E-state index in [0.717, 1.165) is 12.8 Å². The molecule has 0 amide bonds. The SMILES string of the molecule is CC(NS(=O)(=O)c1cccnc1N)C1CCCCC1. The Morgan fingerprint density at radius 2 is 2.05 bits per heavy atom. The maximum Gasteiger partial charge on any atom is 0.244 e. The Morgan fingerprint density at radius 1 is 1.37 bits per heavy atom. The van der Waals surface area contributed by atoms with E-state index in [-0.39, 0.29) is 16.8 Å². The maximum absolute atomic E-state index is 12.3. The van der Waals surface area contributed by atoms with Crippen LogP contribution in [0.2, 0.25) is 0 Å². The Kier molecular flexibility index (Phi) is 4.42. The zero-order chi connectivity index (χ0) is 13.9. The summed E-state index contributed by atoms with van der Waals surface area (Å²) in [5, 5.41) is 0. The molecule has 1 aliphatic rings.